The summed E-state index contributed by atoms with van der Waals surface area (Å²) in [6.45, 7) is 6.34. The Morgan fingerprint density at radius 1 is 1.44 bits per heavy atom. The maximum Gasteiger partial charge on any atom is 0.124 e. The Bertz CT molecular complexity index is 392. The highest BCUT2D eigenvalue weighted by molar-refractivity contribution is 5.33. The standard InChI is InChI=1S/C15H21NO2/c1-2-10-18-15-8-4-3-6-13(15)11-16-9-5-7-14(16)12-17/h2-4,6,8,14,17H,1,5,7,9-12H2/t14-/m1/s1. The summed E-state index contributed by atoms with van der Waals surface area (Å²) in [5.41, 5.74) is 1.18. The van der Waals surface area contributed by atoms with Crippen LogP contribution >= 0.6 is 0 Å². The molecule has 3 heteroatoms. The van der Waals surface area contributed by atoms with Crippen LogP contribution in [0.3, 0.4) is 0 Å². The van der Waals surface area contributed by atoms with Gasteiger partial charge < -0.3 is 9.84 Å². The summed E-state index contributed by atoms with van der Waals surface area (Å²) in [5.74, 6) is 0.918. The number of hydrogen-bond donors (Lipinski definition) is 1. The molecule has 1 aromatic carbocycles. The van der Waals surface area contributed by atoms with Gasteiger partial charge in [-0.2, -0.15) is 0 Å². The average molecular weight is 247 g/mol. The minimum Gasteiger partial charge on any atom is -0.489 e. The van der Waals surface area contributed by atoms with Crippen LogP contribution in [0.2, 0.25) is 0 Å². The zero-order valence-corrected chi connectivity index (χ0v) is 10.7. The molecule has 18 heavy (non-hydrogen) atoms. The third kappa shape index (κ3) is 3.12. The molecule has 0 amide bonds. The number of rotatable bonds is 6. The lowest BCUT2D eigenvalue weighted by molar-refractivity contribution is 0.152. The molecule has 98 valence electrons. The van der Waals surface area contributed by atoms with Crippen LogP contribution in [0.5, 0.6) is 5.75 Å². The highest BCUT2D eigenvalue weighted by Crippen LogP contribution is 2.24. The van der Waals surface area contributed by atoms with Gasteiger partial charge in [-0.15, -0.1) is 0 Å². The van der Waals surface area contributed by atoms with Gasteiger partial charge in [0.15, 0.2) is 0 Å². The Hall–Kier alpha value is -1.32. The average Bonchev–Trinajstić information content (AvgIpc) is 2.85. The number of likely N-dealkylation sites (tertiary alicyclic amines) is 1. The van der Waals surface area contributed by atoms with E-state index in [4.69, 9.17) is 4.74 Å². The highest BCUT2D eigenvalue weighted by Gasteiger charge is 2.24. The summed E-state index contributed by atoms with van der Waals surface area (Å²) in [6.07, 6.45) is 4.01. The van der Waals surface area contributed by atoms with Crippen LogP contribution in [0.1, 0.15) is 18.4 Å². The lowest BCUT2D eigenvalue weighted by atomic mass is 10.1. The van der Waals surface area contributed by atoms with E-state index in [1.165, 1.54) is 12.0 Å². The van der Waals surface area contributed by atoms with Gasteiger partial charge in [0.1, 0.15) is 12.4 Å². The summed E-state index contributed by atoms with van der Waals surface area (Å²) >= 11 is 0. The zero-order valence-electron chi connectivity index (χ0n) is 10.7. The van der Waals surface area contributed by atoms with Gasteiger partial charge in [-0.05, 0) is 25.5 Å². The van der Waals surface area contributed by atoms with Crippen molar-refractivity contribution in [2.45, 2.75) is 25.4 Å². The van der Waals surface area contributed by atoms with Crippen molar-refractivity contribution in [3.05, 3.63) is 42.5 Å². The third-order valence-corrected chi connectivity index (χ3v) is 3.41. The monoisotopic (exact) mass is 247 g/mol. The number of ether oxygens (including phenoxy) is 1. The number of para-hydroxylation sites is 1. The summed E-state index contributed by atoms with van der Waals surface area (Å²) in [6, 6.07) is 8.39. The molecular formula is C15H21NO2. The molecule has 1 heterocycles. The maximum atomic E-state index is 9.34. The van der Waals surface area contributed by atoms with Gasteiger partial charge >= 0.3 is 0 Å². The molecule has 1 N–H and O–H groups in total. The van der Waals surface area contributed by atoms with Gasteiger partial charge in [-0.1, -0.05) is 30.9 Å². The van der Waals surface area contributed by atoms with Crippen LogP contribution in [0.25, 0.3) is 0 Å². The molecule has 1 fully saturated rings. The van der Waals surface area contributed by atoms with Gasteiger partial charge in [0, 0.05) is 18.2 Å². The molecular weight excluding hydrogens is 226 g/mol. The molecule has 1 atom stereocenters. The molecule has 3 nitrogen and oxygen atoms in total. The van der Waals surface area contributed by atoms with E-state index in [1.54, 1.807) is 6.08 Å². The fraction of sp³-hybridized carbons (Fsp3) is 0.467. The number of nitrogens with zero attached hydrogens (tertiary/aromatic N) is 1. The van der Waals surface area contributed by atoms with Gasteiger partial charge in [0.2, 0.25) is 0 Å². The van der Waals surface area contributed by atoms with E-state index in [0.717, 1.165) is 25.3 Å². The molecule has 0 aromatic heterocycles. The zero-order chi connectivity index (χ0) is 12.8. The number of benzene rings is 1. The first kappa shape index (κ1) is 13.1. The molecule has 0 spiro atoms. The smallest absolute Gasteiger partial charge is 0.124 e. The van der Waals surface area contributed by atoms with Crippen molar-refractivity contribution in [3.8, 4) is 5.75 Å². The molecule has 0 unspecified atom stereocenters. The van der Waals surface area contributed by atoms with Crippen LogP contribution in [0.15, 0.2) is 36.9 Å². The minimum absolute atomic E-state index is 0.246. The fourth-order valence-electron chi connectivity index (χ4n) is 2.45. The minimum atomic E-state index is 0.246. The summed E-state index contributed by atoms with van der Waals surface area (Å²) < 4.78 is 5.66. The predicted octanol–water partition coefficient (Wildman–Crippen LogP) is 2.21. The SMILES string of the molecule is C=CCOc1ccccc1CN1CCC[C@@H]1CO. The second-order valence-corrected chi connectivity index (χ2v) is 4.66. The Morgan fingerprint density at radius 2 is 2.28 bits per heavy atom. The van der Waals surface area contributed by atoms with Crippen LogP contribution in [0, 0.1) is 0 Å². The van der Waals surface area contributed by atoms with Crippen LogP contribution in [-0.4, -0.2) is 35.8 Å². The maximum absolute atomic E-state index is 9.34. The first-order valence-corrected chi connectivity index (χ1v) is 6.51. The van der Waals surface area contributed by atoms with Crippen LogP contribution in [0.4, 0.5) is 0 Å². The Morgan fingerprint density at radius 3 is 3.06 bits per heavy atom. The van der Waals surface area contributed by atoms with Gasteiger partial charge in [0.05, 0.1) is 6.61 Å². The van der Waals surface area contributed by atoms with Crippen molar-refractivity contribution in [2.75, 3.05) is 19.8 Å². The lowest BCUT2D eigenvalue weighted by Crippen LogP contribution is -2.31. The summed E-state index contributed by atoms with van der Waals surface area (Å²) in [4.78, 5) is 2.33. The van der Waals surface area contributed by atoms with Gasteiger partial charge in [0.25, 0.3) is 0 Å². The number of aliphatic hydroxyl groups is 1. The van der Waals surface area contributed by atoms with Crippen molar-refractivity contribution < 1.29 is 9.84 Å². The number of hydrogen-bond acceptors (Lipinski definition) is 3. The van der Waals surface area contributed by atoms with E-state index in [9.17, 15) is 5.11 Å². The van der Waals surface area contributed by atoms with Crippen molar-refractivity contribution >= 4 is 0 Å². The number of aliphatic hydroxyl groups excluding tert-OH is 1. The summed E-state index contributed by atoms with van der Waals surface area (Å²) in [5, 5.41) is 9.34. The molecule has 1 saturated heterocycles. The van der Waals surface area contributed by atoms with Crippen LogP contribution < -0.4 is 4.74 Å². The first-order chi connectivity index (χ1) is 8.85. The van der Waals surface area contributed by atoms with Crippen molar-refractivity contribution in [2.24, 2.45) is 0 Å². The quantitative estimate of drug-likeness (QED) is 0.782. The van der Waals surface area contributed by atoms with Crippen LogP contribution in [-0.2, 0) is 6.54 Å². The van der Waals surface area contributed by atoms with E-state index < -0.39 is 0 Å². The highest BCUT2D eigenvalue weighted by atomic mass is 16.5. The molecule has 0 aliphatic carbocycles. The lowest BCUT2D eigenvalue weighted by Gasteiger charge is -2.23. The fourth-order valence-corrected chi connectivity index (χ4v) is 2.45. The molecule has 0 saturated carbocycles. The normalized spacial score (nSPS) is 19.9. The van der Waals surface area contributed by atoms with Gasteiger partial charge in [-0.25, -0.2) is 0 Å². The van der Waals surface area contributed by atoms with Crippen molar-refractivity contribution in [1.29, 1.82) is 0 Å². The first-order valence-electron chi connectivity index (χ1n) is 6.51. The van der Waals surface area contributed by atoms with Crippen molar-refractivity contribution in [1.82, 2.24) is 4.90 Å². The van der Waals surface area contributed by atoms with E-state index in [-0.39, 0.29) is 6.61 Å². The Labute approximate surface area is 109 Å². The van der Waals surface area contributed by atoms with E-state index in [2.05, 4.69) is 17.5 Å². The second kappa shape index (κ2) is 6.57. The van der Waals surface area contributed by atoms with E-state index in [0.29, 0.717) is 12.6 Å². The molecule has 1 aliphatic heterocycles. The van der Waals surface area contributed by atoms with Crippen molar-refractivity contribution in [3.63, 3.8) is 0 Å². The topological polar surface area (TPSA) is 32.7 Å². The largest absolute Gasteiger partial charge is 0.489 e. The third-order valence-electron chi connectivity index (χ3n) is 3.41. The van der Waals surface area contributed by atoms with E-state index in [1.807, 2.05) is 18.2 Å². The molecule has 2 rings (SSSR count). The molecule has 1 aromatic rings. The predicted molar refractivity (Wildman–Crippen MR) is 72.7 cm³/mol. The Balaban J connectivity index is 2.05. The summed E-state index contributed by atoms with van der Waals surface area (Å²) in [7, 11) is 0. The second-order valence-electron chi connectivity index (χ2n) is 4.66. The van der Waals surface area contributed by atoms with E-state index >= 15 is 0 Å². The molecule has 0 radical (unpaired) electrons. The van der Waals surface area contributed by atoms with Gasteiger partial charge in [-0.3, -0.25) is 4.90 Å². The Kier molecular flexibility index (Phi) is 4.79. The molecule has 1 aliphatic rings. The molecule has 0 bridgehead atoms.